The van der Waals surface area contributed by atoms with Gasteiger partial charge in [0.25, 0.3) is 0 Å². The number of nitrogens with two attached hydrogens (primary N) is 1. The van der Waals surface area contributed by atoms with Gasteiger partial charge < -0.3 is 15.8 Å². The smallest absolute Gasteiger partial charge is 0.148 e. The minimum atomic E-state index is -0.158. The van der Waals surface area contributed by atoms with Crippen molar-refractivity contribution in [2.45, 2.75) is 58.9 Å². The molecule has 0 spiro atoms. The van der Waals surface area contributed by atoms with Crippen LogP contribution in [0.15, 0.2) is 0 Å². The summed E-state index contributed by atoms with van der Waals surface area (Å²) in [6.07, 6.45) is 1.61. The molecule has 1 aromatic rings. The first kappa shape index (κ1) is 16.7. The van der Waals surface area contributed by atoms with Crippen LogP contribution in [0.25, 0.3) is 0 Å². The summed E-state index contributed by atoms with van der Waals surface area (Å²) in [5, 5.41) is 12.5. The van der Waals surface area contributed by atoms with Gasteiger partial charge in [-0.1, -0.05) is 27.7 Å². The molecule has 0 fully saturated rings. The van der Waals surface area contributed by atoms with Crippen molar-refractivity contribution in [3.8, 4) is 0 Å². The van der Waals surface area contributed by atoms with Crippen molar-refractivity contribution in [2.24, 2.45) is 5.84 Å². The van der Waals surface area contributed by atoms with Gasteiger partial charge in [-0.15, -0.1) is 0 Å². The molecule has 0 amide bonds. The second-order valence-electron chi connectivity index (χ2n) is 6.03. The third kappa shape index (κ3) is 4.05. The fraction of sp³-hybridized carbons (Fsp3) is 0.714. The minimum Gasteiger partial charge on any atom is -0.396 e. The molecule has 0 saturated carbocycles. The highest BCUT2D eigenvalue weighted by Crippen LogP contribution is 2.26. The molecule has 0 aromatic carbocycles. The van der Waals surface area contributed by atoms with E-state index < -0.39 is 0 Å². The van der Waals surface area contributed by atoms with Crippen molar-refractivity contribution in [2.75, 3.05) is 17.3 Å². The number of nitrogen functional groups attached to an aromatic ring is 1. The van der Waals surface area contributed by atoms with Crippen LogP contribution in [0.3, 0.4) is 0 Å². The summed E-state index contributed by atoms with van der Waals surface area (Å²) in [6.45, 7) is 10.3. The largest absolute Gasteiger partial charge is 0.396 e. The van der Waals surface area contributed by atoms with Gasteiger partial charge in [0, 0.05) is 23.6 Å². The van der Waals surface area contributed by atoms with Crippen LogP contribution in [0.1, 0.15) is 51.9 Å². The summed E-state index contributed by atoms with van der Waals surface area (Å²) in [5.74, 6) is 7.69. The molecule has 6 heteroatoms. The van der Waals surface area contributed by atoms with Gasteiger partial charge in [-0.3, -0.25) is 0 Å². The molecule has 20 heavy (non-hydrogen) atoms. The fourth-order valence-electron chi connectivity index (χ4n) is 1.86. The van der Waals surface area contributed by atoms with Crippen LogP contribution in [0.4, 0.5) is 11.6 Å². The SMILES string of the molecule is CCC(CCO)Nc1nc(C(C)(C)C)nc(NN)c1C. The quantitative estimate of drug-likeness (QED) is 0.470. The summed E-state index contributed by atoms with van der Waals surface area (Å²) >= 11 is 0. The number of rotatable bonds is 6. The lowest BCUT2D eigenvalue weighted by atomic mass is 9.95. The van der Waals surface area contributed by atoms with Crippen molar-refractivity contribution >= 4 is 11.6 Å². The van der Waals surface area contributed by atoms with Gasteiger partial charge in [0.15, 0.2) is 0 Å². The Bertz CT molecular complexity index is 442. The third-order valence-electron chi connectivity index (χ3n) is 3.26. The lowest BCUT2D eigenvalue weighted by Gasteiger charge is -2.23. The third-order valence-corrected chi connectivity index (χ3v) is 3.26. The second-order valence-corrected chi connectivity index (χ2v) is 6.03. The zero-order valence-electron chi connectivity index (χ0n) is 13.1. The van der Waals surface area contributed by atoms with E-state index in [1.165, 1.54) is 0 Å². The maximum atomic E-state index is 9.09. The summed E-state index contributed by atoms with van der Waals surface area (Å²) in [5.41, 5.74) is 3.36. The molecule has 0 aliphatic carbocycles. The maximum absolute atomic E-state index is 9.09. The van der Waals surface area contributed by atoms with E-state index in [-0.39, 0.29) is 18.1 Å². The number of anilines is 2. The van der Waals surface area contributed by atoms with E-state index in [0.29, 0.717) is 12.2 Å². The molecule has 6 nitrogen and oxygen atoms in total. The van der Waals surface area contributed by atoms with Crippen LogP contribution in [0, 0.1) is 6.92 Å². The van der Waals surface area contributed by atoms with E-state index in [4.69, 9.17) is 10.9 Å². The van der Waals surface area contributed by atoms with Gasteiger partial charge in [-0.25, -0.2) is 15.8 Å². The fourth-order valence-corrected chi connectivity index (χ4v) is 1.86. The van der Waals surface area contributed by atoms with E-state index in [2.05, 4.69) is 48.4 Å². The lowest BCUT2D eigenvalue weighted by molar-refractivity contribution is 0.278. The molecule has 0 aliphatic rings. The Hall–Kier alpha value is -1.40. The van der Waals surface area contributed by atoms with Crippen LogP contribution in [-0.2, 0) is 5.41 Å². The molecule has 114 valence electrons. The highest BCUT2D eigenvalue weighted by atomic mass is 16.3. The first-order valence-electron chi connectivity index (χ1n) is 7.06. The summed E-state index contributed by atoms with van der Waals surface area (Å²) in [4.78, 5) is 9.09. The molecule has 1 aromatic heterocycles. The van der Waals surface area contributed by atoms with E-state index in [1.807, 2.05) is 6.92 Å². The van der Waals surface area contributed by atoms with Crippen molar-refractivity contribution in [1.82, 2.24) is 9.97 Å². The van der Waals surface area contributed by atoms with Gasteiger partial charge in [-0.2, -0.15) is 0 Å². The summed E-state index contributed by atoms with van der Waals surface area (Å²) in [6, 6.07) is 0.187. The normalized spacial score (nSPS) is 13.2. The lowest BCUT2D eigenvalue weighted by Crippen LogP contribution is -2.25. The first-order valence-corrected chi connectivity index (χ1v) is 7.06. The highest BCUT2D eigenvalue weighted by molar-refractivity contribution is 5.57. The van der Waals surface area contributed by atoms with Crippen LogP contribution < -0.4 is 16.6 Å². The number of hydrogen-bond donors (Lipinski definition) is 4. The van der Waals surface area contributed by atoms with E-state index >= 15 is 0 Å². The molecule has 1 unspecified atom stereocenters. The van der Waals surface area contributed by atoms with Crippen molar-refractivity contribution in [1.29, 1.82) is 0 Å². The van der Waals surface area contributed by atoms with Crippen molar-refractivity contribution < 1.29 is 5.11 Å². The van der Waals surface area contributed by atoms with Gasteiger partial charge >= 0.3 is 0 Å². The highest BCUT2D eigenvalue weighted by Gasteiger charge is 2.21. The molecule has 0 aliphatic heterocycles. The molecule has 1 rings (SSSR count). The maximum Gasteiger partial charge on any atom is 0.148 e. The number of aliphatic hydroxyl groups excluding tert-OH is 1. The summed E-state index contributed by atoms with van der Waals surface area (Å²) < 4.78 is 0. The van der Waals surface area contributed by atoms with Gasteiger partial charge in [-0.05, 0) is 19.8 Å². The second kappa shape index (κ2) is 6.85. The zero-order valence-corrected chi connectivity index (χ0v) is 13.1. The van der Waals surface area contributed by atoms with Crippen LogP contribution >= 0.6 is 0 Å². The Kier molecular flexibility index (Phi) is 5.71. The molecule has 0 bridgehead atoms. The van der Waals surface area contributed by atoms with Gasteiger partial charge in [0.05, 0.1) is 0 Å². The predicted octanol–water partition coefficient (Wildman–Crippen LogP) is 1.94. The Morgan fingerprint density at radius 3 is 2.30 bits per heavy atom. The van der Waals surface area contributed by atoms with Crippen molar-refractivity contribution in [3.63, 3.8) is 0 Å². The standard InChI is InChI=1S/C14H27N5O/c1-6-10(7-8-20)16-11-9(2)12(19-15)18-13(17-11)14(3,4)5/h10,20H,6-8,15H2,1-5H3,(H2,16,17,18,19). The average molecular weight is 281 g/mol. The number of nitrogens with zero attached hydrogens (tertiary/aromatic N) is 2. The Morgan fingerprint density at radius 2 is 1.85 bits per heavy atom. The molecule has 0 radical (unpaired) electrons. The monoisotopic (exact) mass is 281 g/mol. The average Bonchev–Trinajstić information content (AvgIpc) is 2.38. The molecule has 5 N–H and O–H groups in total. The predicted molar refractivity (Wildman–Crippen MR) is 82.7 cm³/mol. The first-order chi connectivity index (χ1) is 9.33. The number of hydrogen-bond acceptors (Lipinski definition) is 6. The topological polar surface area (TPSA) is 96.1 Å². The Balaban J connectivity index is 3.16. The minimum absolute atomic E-state index is 0.157. The molecule has 0 saturated heterocycles. The molecule has 1 atom stereocenters. The molecular weight excluding hydrogens is 254 g/mol. The number of aromatic nitrogens is 2. The Morgan fingerprint density at radius 1 is 1.25 bits per heavy atom. The Labute approximate surface area is 121 Å². The zero-order chi connectivity index (χ0) is 15.3. The van der Waals surface area contributed by atoms with E-state index in [0.717, 1.165) is 23.6 Å². The summed E-state index contributed by atoms with van der Waals surface area (Å²) in [7, 11) is 0. The van der Waals surface area contributed by atoms with E-state index in [1.54, 1.807) is 0 Å². The van der Waals surface area contributed by atoms with Gasteiger partial charge in [0.1, 0.15) is 17.5 Å². The number of nitrogens with one attached hydrogen (secondary N) is 2. The number of aliphatic hydroxyl groups is 1. The van der Waals surface area contributed by atoms with E-state index in [9.17, 15) is 0 Å². The van der Waals surface area contributed by atoms with Crippen molar-refractivity contribution in [3.05, 3.63) is 11.4 Å². The molecular formula is C14H27N5O. The van der Waals surface area contributed by atoms with Crippen LogP contribution in [0.5, 0.6) is 0 Å². The van der Waals surface area contributed by atoms with Crippen LogP contribution in [-0.4, -0.2) is 27.7 Å². The molecule has 1 heterocycles. The van der Waals surface area contributed by atoms with Crippen LogP contribution in [0.2, 0.25) is 0 Å². The number of hydrazine groups is 1. The van der Waals surface area contributed by atoms with Gasteiger partial charge in [0.2, 0.25) is 0 Å².